The maximum absolute atomic E-state index is 12.5. The van der Waals surface area contributed by atoms with Gasteiger partial charge in [-0.05, 0) is 35.7 Å². The number of para-hydroxylation sites is 1. The zero-order chi connectivity index (χ0) is 20.5. The summed E-state index contributed by atoms with van der Waals surface area (Å²) in [5, 5.41) is 12.0. The van der Waals surface area contributed by atoms with Crippen LogP contribution in [0.5, 0.6) is 17.2 Å². The molecule has 2 aromatic carbocycles. The molecule has 0 saturated carbocycles. The quantitative estimate of drug-likeness (QED) is 0.651. The maximum atomic E-state index is 12.5. The number of hydrogen-bond donors (Lipinski definition) is 2. The number of amides is 1. The largest absolute Gasteiger partial charge is 0.496 e. The Morgan fingerprint density at radius 1 is 0.964 bits per heavy atom. The topological polar surface area (TPSA) is 94.1 Å². The van der Waals surface area contributed by atoms with Crippen molar-refractivity contribution in [2.45, 2.75) is 25.3 Å². The van der Waals surface area contributed by atoms with E-state index in [1.54, 1.807) is 25.3 Å². The second kappa shape index (κ2) is 10.2. The van der Waals surface area contributed by atoms with Gasteiger partial charge in [0.2, 0.25) is 5.91 Å². The third-order valence-electron chi connectivity index (χ3n) is 4.34. The summed E-state index contributed by atoms with van der Waals surface area (Å²) < 4.78 is 15.8. The average molecular weight is 387 g/mol. The molecule has 0 bridgehead atoms. The van der Waals surface area contributed by atoms with Gasteiger partial charge < -0.3 is 24.6 Å². The average Bonchev–Trinajstić information content (AvgIpc) is 2.71. The third kappa shape index (κ3) is 5.64. The Morgan fingerprint density at radius 3 is 2.29 bits per heavy atom. The first kappa shape index (κ1) is 21.1. The Kier molecular flexibility index (Phi) is 7.68. The van der Waals surface area contributed by atoms with Crippen molar-refractivity contribution in [3.8, 4) is 17.2 Å². The van der Waals surface area contributed by atoms with Crippen LogP contribution >= 0.6 is 0 Å². The number of carbonyl (C=O) groups excluding carboxylic acids is 1. The van der Waals surface area contributed by atoms with Crippen LogP contribution in [0, 0.1) is 0 Å². The predicted octanol–water partition coefficient (Wildman–Crippen LogP) is 2.98. The van der Waals surface area contributed by atoms with Crippen LogP contribution in [0.4, 0.5) is 0 Å². The van der Waals surface area contributed by atoms with Gasteiger partial charge in [0.05, 0.1) is 33.8 Å². The number of carboxylic acids is 1. The Balaban J connectivity index is 2.11. The number of carboxylic acid groups (broad SMARTS) is 1. The predicted molar refractivity (Wildman–Crippen MR) is 104 cm³/mol. The summed E-state index contributed by atoms with van der Waals surface area (Å²) in [5.41, 5.74) is 1.55. The first-order valence-electron chi connectivity index (χ1n) is 8.83. The second-order valence-corrected chi connectivity index (χ2v) is 6.14. The zero-order valence-electron chi connectivity index (χ0n) is 16.2. The van der Waals surface area contributed by atoms with Gasteiger partial charge in [0.1, 0.15) is 5.75 Å². The minimum Gasteiger partial charge on any atom is -0.496 e. The van der Waals surface area contributed by atoms with Crippen molar-refractivity contribution >= 4 is 11.9 Å². The van der Waals surface area contributed by atoms with Crippen molar-refractivity contribution in [2.24, 2.45) is 0 Å². The summed E-state index contributed by atoms with van der Waals surface area (Å²) in [6, 6.07) is 11.9. The number of aryl methyl sites for hydroxylation is 1. The monoisotopic (exact) mass is 387 g/mol. The van der Waals surface area contributed by atoms with Gasteiger partial charge in [-0.2, -0.15) is 0 Å². The molecule has 150 valence electrons. The van der Waals surface area contributed by atoms with Gasteiger partial charge in [-0.25, -0.2) is 0 Å². The summed E-state index contributed by atoms with van der Waals surface area (Å²) in [6.07, 6.45) is 0.460. The Bertz CT molecular complexity index is 820. The highest BCUT2D eigenvalue weighted by atomic mass is 16.5. The molecule has 1 unspecified atom stereocenters. The highest BCUT2D eigenvalue weighted by Gasteiger charge is 2.20. The lowest BCUT2D eigenvalue weighted by molar-refractivity contribution is -0.137. The first-order valence-corrected chi connectivity index (χ1v) is 8.83. The Morgan fingerprint density at radius 2 is 1.64 bits per heavy atom. The second-order valence-electron chi connectivity index (χ2n) is 6.14. The van der Waals surface area contributed by atoms with Crippen LogP contribution < -0.4 is 19.5 Å². The smallest absolute Gasteiger partial charge is 0.305 e. The van der Waals surface area contributed by atoms with Gasteiger partial charge in [-0.1, -0.05) is 24.3 Å². The molecule has 0 aliphatic heterocycles. The van der Waals surface area contributed by atoms with Crippen molar-refractivity contribution in [1.29, 1.82) is 0 Å². The number of hydrogen-bond acceptors (Lipinski definition) is 5. The molecule has 2 N–H and O–H groups in total. The molecule has 1 amide bonds. The maximum Gasteiger partial charge on any atom is 0.305 e. The van der Waals surface area contributed by atoms with E-state index < -0.39 is 12.0 Å². The van der Waals surface area contributed by atoms with Crippen LogP contribution in [-0.4, -0.2) is 38.3 Å². The number of aliphatic carboxylic acids is 1. The number of nitrogens with one attached hydrogen (secondary N) is 1. The van der Waals surface area contributed by atoms with Crippen LogP contribution in [0.15, 0.2) is 42.5 Å². The summed E-state index contributed by atoms with van der Waals surface area (Å²) in [6.45, 7) is 0. The Hall–Kier alpha value is -3.22. The molecule has 0 heterocycles. The van der Waals surface area contributed by atoms with Gasteiger partial charge in [0.15, 0.2) is 11.5 Å². The SMILES string of the molecule is COc1ccccc1CCC(=O)NC(CC(=O)O)c1ccc(OC)c(OC)c1. The number of carbonyl (C=O) groups is 2. The van der Waals surface area contributed by atoms with E-state index in [9.17, 15) is 14.7 Å². The van der Waals surface area contributed by atoms with Crippen LogP contribution in [-0.2, 0) is 16.0 Å². The molecule has 28 heavy (non-hydrogen) atoms. The van der Waals surface area contributed by atoms with Crippen molar-refractivity contribution < 1.29 is 28.9 Å². The molecule has 2 aromatic rings. The fraction of sp³-hybridized carbons (Fsp3) is 0.333. The van der Waals surface area contributed by atoms with Crippen LogP contribution in [0.3, 0.4) is 0 Å². The molecule has 7 nitrogen and oxygen atoms in total. The molecule has 7 heteroatoms. The fourth-order valence-corrected chi connectivity index (χ4v) is 2.92. The molecule has 0 spiro atoms. The van der Waals surface area contributed by atoms with Gasteiger partial charge in [0.25, 0.3) is 0 Å². The van der Waals surface area contributed by atoms with Gasteiger partial charge in [-0.15, -0.1) is 0 Å². The number of methoxy groups -OCH3 is 3. The Labute approximate surface area is 164 Å². The molecule has 2 rings (SSSR count). The lowest BCUT2D eigenvalue weighted by Gasteiger charge is -2.19. The van der Waals surface area contributed by atoms with E-state index in [-0.39, 0.29) is 18.7 Å². The molecule has 0 aliphatic carbocycles. The van der Waals surface area contributed by atoms with Crippen molar-refractivity contribution in [3.05, 3.63) is 53.6 Å². The van der Waals surface area contributed by atoms with E-state index in [0.29, 0.717) is 23.5 Å². The van der Waals surface area contributed by atoms with E-state index in [2.05, 4.69) is 5.32 Å². The summed E-state index contributed by atoms with van der Waals surface area (Å²) in [4.78, 5) is 23.7. The van der Waals surface area contributed by atoms with Crippen LogP contribution in [0.2, 0.25) is 0 Å². The molecule has 0 aromatic heterocycles. The standard InChI is InChI=1S/C21H25NO6/c1-26-17-7-5-4-6-14(17)9-11-20(23)22-16(13-21(24)25)15-8-10-18(27-2)19(12-15)28-3/h4-8,10,12,16H,9,11,13H2,1-3H3,(H,22,23)(H,24,25). The first-order chi connectivity index (χ1) is 13.5. The van der Waals surface area contributed by atoms with E-state index in [4.69, 9.17) is 14.2 Å². The molecule has 1 atom stereocenters. The minimum absolute atomic E-state index is 0.212. The fourth-order valence-electron chi connectivity index (χ4n) is 2.92. The van der Waals surface area contributed by atoms with Gasteiger partial charge in [0, 0.05) is 6.42 Å². The molecule has 0 saturated heterocycles. The summed E-state index contributed by atoms with van der Waals surface area (Å²) in [5.74, 6) is 0.468. The van der Waals surface area contributed by atoms with Crippen LogP contribution in [0.25, 0.3) is 0 Å². The summed E-state index contributed by atoms with van der Waals surface area (Å²) >= 11 is 0. The molecule has 0 radical (unpaired) electrons. The number of ether oxygens (including phenoxy) is 3. The highest BCUT2D eigenvalue weighted by molar-refractivity contribution is 5.78. The van der Waals surface area contributed by atoms with E-state index in [0.717, 1.165) is 11.3 Å². The van der Waals surface area contributed by atoms with Crippen molar-refractivity contribution in [2.75, 3.05) is 21.3 Å². The van der Waals surface area contributed by atoms with E-state index in [1.807, 2.05) is 24.3 Å². The number of benzene rings is 2. The highest BCUT2D eigenvalue weighted by Crippen LogP contribution is 2.31. The lowest BCUT2D eigenvalue weighted by atomic mass is 10.0. The van der Waals surface area contributed by atoms with Crippen LogP contribution in [0.1, 0.15) is 30.0 Å². The van der Waals surface area contributed by atoms with E-state index in [1.165, 1.54) is 14.2 Å². The third-order valence-corrected chi connectivity index (χ3v) is 4.34. The van der Waals surface area contributed by atoms with Gasteiger partial charge >= 0.3 is 5.97 Å². The molecule has 0 fully saturated rings. The van der Waals surface area contributed by atoms with Crippen molar-refractivity contribution in [3.63, 3.8) is 0 Å². The molecule has 0 aliphatic rings. The molecular weight excluding hydrogens is 362 g/mol. The van der Waals surface area contributed by atoms with Gasteiger partial charge in [-0.3, -0.25) is 9.59 Å². The molecular formula is C21H25NO6. The lowest BCUT2D eigenvalue weighted by Crippen LogP contribution is -2.30. The zero-order valence-corrected chi connectivity index (χ0v) is 16.2. The van der Waals surface area contributed by atoms with E-state index >= 15 is 0 Å². The van der Waals surface area contributed by atoms with Crippen molar-refractivity contribution in [1.82, 2.24) is 5.32 Å². The number of rotatable bonds is 10. The minimum atomic E-state index is -1.01. The normalized spacial score (nSPS) is 11.4. The summed E-state index contributed by atoms with van der Waals surface area (Å²) in [7, 11) is 4.60.